The van der Waals surface area contributed by atoms with Crippen molar-refractivity contribution < 1.29 is 14.7 Å². The first-order chi connectivity index (χ1) is 10.2. The highest BCUT2D eigenvalue weighted by Crippen LogP contribution is 2.20. The largest absolute Gasteiger partial charge is 0.496 e. The van der Waals surface area contributed by atoms with E-state index < -0.39 is 0 Å². The quantitative estimate of drug-likeness (QED) is 0.358. The molecule has 114 valence electrons. The summed E-state index contributed by atoms with van der Waals surface area (Å²) in [7, 11) is 1.56. The molecular formula is C14H20N4O3. The molecule has 7 heteroatoms. The van der Waals surface area contributed by atoms with Crippen LogP contribution < -0.4 is 10.5 Å². The third kappa shape index (κ3) is 3.63. The van der Waals surface area contributed by atoms with Crippen LogP contribution in [0.2, 0.25) is 0 Å². The third-order valence-electron chi connectivity index (χ3n) is 3.51. The number of benzene rings is 1. The zero-order valence-corrected chi connectivity index (χ0v) is 12.0. The Hall–Kier alpha value is -2.28. The Labute approximate surface area is 123 Å². The zero-order valence-electron chi connectivity index (χ0n) is 12.0. The SMILES string of the molecule is COc1ccccc1C(=O)N1CCN(CC(N)=NO)CC1. The molecule has 21 heavy (non-hydrogen) atoms. The maximum atomic E-state index is 12.5. The number of carbonyl (C=O) groups is 1. The molecule has 0 atom stereocenters. The Morgan fingerprint density at radius 3 is 2.62 bits per heavy atom. The molecule has 7 nitrogen and oxygen atoms in total. The van der Waals surface area contributed by atoms with Crippen molar-refractivity contribution >= 4 is 11.7 Å². The maximum absolute atomic E-state index is 12.5. The van der Waals surface area contributed by atoms with Crippen LogP contribution in [-0.4, -0.2) is 66.6 Å². The van der Waals surface area contributed by atoms with Gasteiger partial charge in [0.05, 0.1) is 19.2 Å². The van der Waals surface area contributed by atoms with Crippen molar-refractivity contribution in [2.75, 3.05) is 39.8 Å². The molecule has 1 aliphatic rings. The second kappa shape index (κ2) is 6.94. The average Bonchev–Trinajstić information content (AvgIpc) is 2.54. The molecule has 1 amide bonds. The topological polar surface area (TPSA) is 91.4 Å². The highest BCUT2D eigenvalue weighted by molar-refractivity contribution is 5.97. The summed E-state index contributed by atoms with van der Waals surface area (Å²) in [5, 5.41) is 11.5. The van der Waals surface area contributed by atoms with Crippen LogP contribution in [0.3, 0.4) is 0 Å². The maximum Gasteiger partial charge on any atom is 0.257 e. The summed E-state index contributed by atoms with van der Waals surface area (Å²) >= 11 is 0. The van der Waals surface area contributed by atoms with Gasteiger partial charge in [-0.1, -0.05) is 17.3 Å². The first-order valence-electron chi connectivity index (χ1n) is 6.76. The lowest BCUT2D eigenvalue weighted by molar-refractivity contribution is 0.0650. The van der Waals surface area contributed by atoms with E-state index in [1.807, 2.05) is 17.0 Å². The van der Waals surface area contributed by atoms with Gasteiger partial charge < -0.3 is 20.6 Å². The number of para-hydroxylation sites is 1. The van der Waals surface area contributed by atoms with Crippen molar-refractivity contribution in [3.63, 3.8) is 0 Å². The van der Waals surface area contributed by atoms with E-state index >= 15 is 0 Å². The van der Waals surface area contributed by atoms with Crippen molar-refractivity contribution in [1.29, 1.82) is 0 Å². The Morgan fingerprint density at radius 2 is 2.00 bits per heavy atom. The minimum absolute atomic E-state index is 0.0316. The van der Waals surface area contributed by atoms with Crippen LogP contribution in [0.1, 0.15) is 10.4 Å². The van der Waals surface area contributed by atoms with Crippen molar-refractivity contribution in [3.05, 3.63) is 29.8 Å². The van der Waals surface area contributed by atoms with Gasteiger partial charge in [0.15, 0.2) is 5.84 Å². The number of nitrogens with two attached hydrogens (primary N) is 1. The highest BCUT2D eigenvalue weighted by atomic mass is 16.5. The lowest BCUT2D eigenvalue weighted by atomic mass is 10.1. The minimum Gasteiger partial charge on any atom is -0.496 e. The summed E-state index contributed by atoms with van der Waals surface area (Å²) in [6.45, 7) is 3.01. The van der Waals surface area contributed by atoms with E-state index in [2.05, 4.69) is 5.16 Å². The van der Waals surface area contributed by atoms with Gasteiger partial charge in [0, 0.05) is 26.2 Å². The number of oxime groups is 1. The molecule has 1 saturated heterocycles. The summed E-state index contributed by atoms with van der Waals surface area (Å²) in [5.41, 5.74) is 6.06. The van der Waals surface area contributed by atoms with Crippen LogP contribution in [0.4, 0.5) is 0 Å². The molecule has 1 aromatic carbocycles. The Kier molecular flexibility index (Phi) is 4.99. The fourth-order valence-corrected chi connectivity index (χ4v) is 2.36. The van der Waals surface area contributed by atoms with E-state index in [0.29, 0.717) is 44.0 Å². The number of hydrogen-bond acceptors (Lipinski definition) is 5. The van der Waals surface area contributed by atoms with Gasteiger partial charge >= 0.3 is 0 Å². The number of nitrogens with zero attached hydrogens (tertiary/aromatic N) is 3. The molecule has 0 spiro atoms. The minimum atomic E-state index is -0.0316. The molecule has 0 radical (unpaired) electrons. The first kappa shape index (κ1) is 15.1. The number of methoxy groups -OCH3 is 1. The van der Waals surface area contributed by atoms with Gasteiger partial charge in [-0.3, -0.25) is 9.69 Å². The predicted octanol–water partition coefficient (Wildman–Crippen LogP) is 0.199. The Morgan fingerprint density at radius 1 is 1.33 bits per heavy atom. The standard InChI is InChI=1S/C14H20N4O3/c1-21-12-5-3-2-4-11(12)14(19)18-8-6-17(7-9-18)10-13(15)16-20/h2-5,20H,6-10H2,1H3,(H2,15,16). The van der Waals surface area contributed by atoms with Gasteiger partial charge in [-0.15, -0.1) is 0 Å². The monoisotopic (exact) mass is 292 g/mol. The molecule has 0 aromatic heterocycles. The van der Waals surface area contributed by atoms with E-state index in [1.54, 1.807) is 24.1 Å². The fraction of sp³-hybridized carbons (Fsp3) is 0.429. The van der Waals surface area contributed by atoms with Crippen molar-refractivity contribution in [3.8, 4) is 5.75 Å². The fourth-order valence-electron chi connectivity index (χ4n) is 2.36. The van der Waals surface area contributed by atoms with E-state index in [9.17, 15) is 4.79 Å². The molecule has 0 saturated carbocycles. The van der Waals surface area contributed by atoms with Gasteiger partial charge in [-0.05, 0) is 12.1 Å². The molecule has 0 bridgehead atoms. The second-order valence-electron chi connectivity index (χ2n) is 4.86. The lowest BCUT2D eigenvalue weighted by Gasteiger charge is -2.34. The van der Waals surface area contributed by atoms with Crippen LogP contribution in [-0.2, 0) is 0 Å². The smallest absolute Gasteiger partial charge is 0.257 e. The predicted molar refractivity (Wildman–Crippen MR) is 78.7 cm³/mol. The third-order valence-corrected chi connectivity index (χ3v) is 3.51. The van der Waals surface area contributed by atoms with Crippen molar-refractivity contribution in [2.45, 2.75) is 0 Å². The molecule has 1 aliphatic heterocycles. The number of amides is 1. The van der Waals surface area contributed by atoms with Crippen LogP contribution in [0, 0.1) is 0 Å². The Bertz CT molecular complexity index is 525. The number of hydrogen-bond donors (Lipinski definition) is 2. The molecule has 1 fully saturated rings. The molecular weight excluding hydrogens is 272 g/mol. The number of ether oxygens (including phenoxy) is 1. The number of piperazine rings is 1. The van der Waals surface area contributed by atoms with E-state index in [1.165, 1.54) is 0 Å². The molecule has 1 aromatic rings. The zero-order chi connectivity index (χ0) is 15.2. The van der Waals surface area contributed by atoms with Crippen LogP contribution >= 0.6 is 0 Å². The summed E-state index contributed by atoms with van der Waals surface area (Å²) in [5.74, 6) is 0.733. The van der Waals surface area contributed by atoms with E-state index in [4.69, 9.17) is 15.7 Å². The summed E-state index contributed by atoms with van der Waals surface area (Å²) in [6.07, 6.45) is 0. The number of rotatable bonds is 4. The van der Waals surface area contributed by atoms with Crippen molar-refractivity contribution in [2.24, 2.45) is 10.9 Å². The van der Waals surface area contributed by atoms with Gasteiger partial charge in [0.1, 0.15) is 5.75 Å². The summed E-state index contributed by atoms with van der Waals surface area (Å²) < 4.78 is 5.23. The summed E-state index contributed by atoms with van der Waals surface area (Å²) in [4.78, 5) is 16.3. The lowest BCUT2D eigenvalue weighted by Crippen LogP contribution is -2.50. The molecule has 0 unspecified atom stereocenters. The molecule has 2 rings (SSSR count). The van der Waals surface area contributed by atoms with Gasteiger partial charge in [-0.25, -0.2) is 0 Å². The average molecular weight is 292 g/mol. The molecule has 1 heterocycles. The summed E-state index contributed by atoms with van der Waals surface area (Å²) in [6, 6.07) is 7.21. The van der Waals surface area contributed by atoms with E-state index in [0.717, 1.165) is 0 Å². The first-order valence-corrected chi connectivity index (χ1v) is 6.76. The van der Waals surface area contributed by atoms with Crippen molar-refractivity contribution in [1.82, 2.24) is 9.80 Å². The van der Waals surface area contributed by atoms with E-state index in [-0.39, 0.29) is 11.7 Å². The van der Waals surface area contributed by atoms with Crippen LogP contribution in [0.25, 0.3) is 0 Å². The number of carbonyl (C=O) groups excluding carboxylic acids is 1. The van der Waals surface area contributed by atoms with Crippen LogP contribution in [0.15, 0.2) is 29.4 Å². The van der Waals surface area contributed by atoms with Crippen LogP contribution in [0.5, 0.6) is 5.75 Å². The normalized spacial score (nSPS) is 16.8. The highest BCUT2D eigenvalue weighted by Gasteiger charge is 2.24. The Balaban J connectivity index is 1.97. The van der Waals surface area contributed by atoms with Gasteiger partial charge in [0.25, 0.3) is 5.91 Å². The molecule has 0 aliphatic carbocycles. The second-order valence-corrected chi connectivity index (χ2v) is 4.86. The van der Waals surface area contributed by atoms with Gasteiger partial charge in [0.2, 0.25) is 0 Å². The molecule has 3 N–H and O–H groups in total. The number of amidine groups is 1. The van der Waals surface area contributed by atoms with Gasteiger partial charge in [-0.2, -0.15) is 0 Å².